The minimum Gasteiger partial charge on any atom is -0.361 e. The Kier molecular flexibility index (Phi) is 2.97. The van der Waals surface area contributed by atoms with Gasteiger partial charge in [0, 0.05) is 21.6 Å². The molecule has 0 radical (unpaired) electrons. The average molecular weight is 293 g/mol. The summed E-state index contributed by atoms with van der Waals surface area (Å²) >= 11 is 3.56. The van der Waals surface area contributed by atoms with Crippen LogP contribution in [0.1, 0.15) is 24.3 Å². The summed E-state index contributed by atoms with van der Waals surface area (Å²) in [6, 6.07) is 6.48. The molecule has 2 nitrogen and oxygen atoms in total. The van der Waals surface area contributed by atoms with Gasteiger partial charge in [0.25, 0.3) is 0 Å². The molecule has 1 aliphatic rings. The van der Waals surface area contributed by atoms with E-state index in [0.717, 1.165) is 0 Å². The highest BCUT2D eigenvalue weighted by molar-refractivity contribution is 9.10. The Morgan fingerprint density at radius 3 is 2.82 bits per heavy atom. The number of hydrogen-bond donors (Lipinski definition) is 1. The lowest BCUT2D eigenvalue weighted by molar-refractivity contribution is 0.256. The summed E-state index contributed by atoms with van der Waals surface area (Å²) in [4.78, 5) is 5.81. The van der Waals surface area contributed by atoms with E-state index in [1.807, 2.05) is 0 Å². The van der Waals surface area contributed by atoms with Crippen LogP contribution in [0.2, 0.25) is 0 Å². The Bertz CT molecular complexity index is 524. The van der Waals surface area contributed by atoms with Crippen LogP contribution < -0.4 is 0 Å². The molecule has 1 aromatic heterocycles. The van der Waals surface area contributed by atoms with Crippen LogP contribution in [-0.4, -0.2) is 30.0 Å². The predicted molar refractivity (Wildman–Crippen MR) is 75.5 cm³/mol. The van der Waals surface area contributed by atoms with Gasteiger partial charge in [0.2, 0.25) is 0 Å². The fourth-order valence-corrected chi connectivity index (χ4v) is 3.13. The number of hydrogen-bond acceptors (Lipinski definition) is 1. The third-order valence-electron chi connectivity index (χ3n) is 3.83. The lowest BCUT2D eigenvalue weighted by Gasteiger charge is -2.28. The molecule has 2 heterocycles. The van der Waals surface area contributed by atoms with Gasteiger partial charge in [-0.1, -0.05) is 15.9 Å². The van der Waals surface area contributed by atoms with E-state index in [4.69, 9.17) is 0 Å². The third-order valence-corrected chi connectivity index (χ3v) is 4.33. The molecule has 1 aliphatic heterocycles. The first-order chi connectivity index (χ1) is 8.24. The number of aromatic amines is 1. The maximum Gasteiger partial charge on any atom is 0.0457 e. The van der Waals surface area contributed by atoms with Crippen LogP contribution in [0.25, 0.3) is 10.9 Å². The maximum atomic E-state index is 3.56. The molecule has 0 amide bonds. The van der Waals surface area contributed by atoms with Crippen molar-refractivity contribution < 1.29 is 0 Å². The number of nitrogens with zero attached hydrogens (tertiary/aromatic N) is 1. The number of nitrogens with one attached hydrogen (secondary N) is 1. The van der Waals surface area contributed by atoms with Crippen molar-refractivity contribution in [3.8, 4) is 0 Å². The van der Waals surface area contributed by atoms with Crippen molar-refractivity contribution in [3.63, 3.8) is 0 Å². The summed E-state index contributed by atoms with van der Waals surface area (Å²) in [5.41, 5.74) is 2.75. The highest BCUT2D eigenvalue weighted by Gasteiger charge is 2.20. The highest BCUT2D eigenvalue weighted by atomic mass is 79.9. The number of H-pyrrole nitrogens is 1. The minimum absolute atomic E-state index is 0.717. The SMILES string of the molecule is CN1CCC(c2c[nH]c3ccc(Br)cc23)CC1. The molecular formula is C14H17BrN2. The molecule has 0 saturated carbocycles. The van der Waals surface area contributed by atoms with E-state index in [-0.39, 0.29) is 0 Å². The number of benzene rings is 1. The van der Waals surface area contributed by atoms with Gasteiger partial charge < -0.3 is 9.88 Å². The largest absolute Gasteiger partial charge is 0.361 e. The van der Waals surface area contributed by atoms with Crippen LogP contribution in [0.15, 0.2) is 28.9 Å². The summed E-state index contributed by atoms with van der Waals surface area (Å²) in [6.45, 7) is 2.43. The van der Waals surface area contributed by atoms with Crippen molar-refractivity contribution in [1.29, 1.82) is 0 Å². The van der Waals surface area contributed by atoms with Crippen LogP contribution in [0.5, 0.6) is 0 Å². The van der Waals surface area contributed by atoms with Gasteiger partial charge in [-0.05, 0) is 62.7 Å². The van der Waals surface area contributed by atoms with Crippen LogP contribution in [-0.2, 0) is 0 Å². The number of piperidine rings is 1. The monoisotopic (exact) mass is 292 g/mol. The van der Waals surface area contributed by atoms with Gasteiger partial charge in [0.15, 0.2) is 0 Å². The van der Waals surface area contributed by atoms with Crippen molar-refractivity contribution >= 4 is 26.8 Å². The molecule has 3 rings (SSSR count). The van der Waals surface area contributed by atoms with Crippen LogP contribution in [0.3, 0.4) is 0 Å². The Morgan fingerprint density at radius 1 is 1.29 bits per heavy atom. The van der Waals surface area contributed by atoms with Crippen LogP contribution >= 0.6 is 15.9 Å². The van der Waals surface area contributed by atoms with E-state index < -0.39 is 0 Å². The van der Waals surface area contributed by atoms with Gasteiger partial charge in [0.05, 0.1) is 0 Å². The summed E-state index contributed by atoms with van der Waals surface area (Å²) in [6.07, 6.45) is 4.75. The third kappa shape index (κ3) is 2.14. The predicted octanol–water partition coefficient (Wildman–Crippen LogP) is 3.74. The molecule has 0 unspecified atom stereocenters. The molecule has 0 bridgehead atoms. The molecule has 1 N–H and O–H groups in total. The highest BCUT2D eigenvalue weighted by Crippen LogP contribution is 2.33. The normalized spacial score (nSPS) is 18.9. The van der Waals surface area contributed by atoms with Gasteiger partial charge in [-0.25, -0.2) is 0 Å². The second kappa shape index (κ2) is 4.46. The van der Waals surface area contributed by atoms with Crippen LogP contribution in [0, 0.1) is 0 Å². The standard InChI is InChI=1S/C14H17BrN2/c1-17-6-4-10(5-7-17)13-9-16-14-3-2-11(15)8-12(13)14/h2-3,8-10,16H,4-7H2,1H3. The molecule has 1 aromatic carbocycles. The summed E-state index contributed by atoms with van der Waals surface area (Å²) in [5, 5.41) is 1.38. The van der Waals surface area contributed by atoms with Gasteiger partial charge in [-0.3, -0.25) is 0 Å². The van der Waals surface area contributed by atoms with E-state index in [2.05, 4.69) is 57.3 Å². The first-order valence-electron chi connectivity index (χ1n) is 6.19. The van der Waals surface area contributed by atoms with Gasteiger partial charge >= 0.3 is 0 Å². The van der Waals surface area contributed by atoms with E-state index in [9.17, 15) is 0 Å². The summed E-state index contributed by atoms with van der Waals surface area (Å²) < 4.78 is 1.17. The van der Waals surface area contributed by atoms with Crippen molar-refractivity contribution in [3.05, 3.63) is 34.4 Å². The second-order valence-corrected chi connectivity index (χ2v) is 5.93. The number of halogens is 1. The molecule has 17 heavy (non-hydrogen) atoms. The van der Waals surface area contributed by atoms with Crippen LogP contribution in [0.4, 0.5) is 0 Å². The lowest BCUT2D eigenvalue weighted by Crippen LogP contribution is -2.29. The average Bonchev–Trinajstić information content (AvgIpc) is 2.73. The molecule has 3 heteroatoms. The van der Waals surface area contributed by atoms with Crippen molar-refractivity contribution in [2.45, 2.75) is 18.8 Å². The molecule has 1 saturated heterocycles. The van der Waals surface area contributed by atoms with Crippen molar-refractivity contribution in [1.82, 2.24) is 9.88 Å². The Morgan fingerprint density at radius 2 is 2.06 bits per heavy atom. The molecule has 2 aromatic rings. The van der Waals surface area contributed by atoms with E-state index in [1.54, 1.807) is 0 Å². The summed E-state index contributed by atoms with van der Waals surface area (Å²) in [5.74, 6) is 0.717. The van der Waals surface area contributed by atoms with Crippen molar-refractivity contribution in [2.24, 2.45) is 0 Å². The lowest BCUT2D eigenvalue weighted by atomic mass is 9.89. The zero-order valence-corrected chi connectivity index (χ0v) is 11.6. The molecule has 0 aliphatic carbocycles. The second-order valence-electron chi connectivity index (χ2n) is 5.01. The van der Waals surface area contributed by atoms with Gasteiger partial charge in [-0.2, -0.15) is 0 Å². The van der Waals surface area contributed by atoms with E-state index in [1.165, 1.54) is 46.9 Å². The smallest absolute Gasteiger partial charge is 0.0457 e. The van der Waals surface area contributed by atoms with Gasteiger partial charge in [-0.15, -0.1) is 0 Å². The maximum absolute atomic E-state index is 3.56. The Balaban J connectivity index is 1.97. The van der Waals surface area contributed by atoms with E-state index in [0.29, 0.717) is 5.92 Å². The molecule has 90 valence electrons. The molecule has 0 spiro atoms. The summed E-state index contributed by atoms with van der Waals surface area (Å²) in [7, 11) is 2.21. The van der Waals surface area contributed by atoms with E-state index >= 15 is 0 Å². The molecule has 0 atom stereocenters. The Hall–Kier alpha value is -0.800. The molecule has 1 fully saturated rings. The number of aromatic nitrogens is 1. The fraction of sp³-hybridized carbons (Fsp3) is 0.429. The quantitative estimate of drug-likeness (QED) is 0.848. The first-order valence-corrected chi connectivity index (χ1v) is 6.98. The number of rotatable bonds is 1. The minimum atomic E-state index is 0.717. The van der Waals surface area contributed by atoms with Crippen molar-refractivity contribution in [2.75, 3.05) is 20.1 Å². The molecular weight excluding hydrogens is 276 g/mol. The first kappa shape index (κ1) is 11.3. The zero-order valence-electron chi connectivity index (χ0n) is 10.0. The fourth-order valence-electron chi connectivity index (χ4n) is 2.77. The Labute approximate surface area is 110 Å². The number of fused-ring (bicyclic) bond motifs is 1. The topological polar surface area (TPSA) is 19.0 Å². The number of likely N-dealkylation sites (tertiary alicyclic amines) is 1. The van der Waals surface area contributed by atoms with Gasteiger partial charge in [0.1, 0.15) is 0 Å². The zero-order chi connectivity index (χ0) is 11.8.